The molecule has 2 rings (SSSR count). The zero-order valence-corrected chi connectivity index (χ0v) is 11.2. The van der Waals surface area contributed by atoms with Gasteiger partial charge < -0.3 is 10.6 Å². The first-order valence-corrected chi connectivity index (χ1v) is 6.42. The van der Waals surface area contributed by atoms with E-state index >= 15 is 0 Å². The first kappa shape index (κ1) is 14.0. The summed E-state index contributed by atoms with van der Waals surface area (Å²) in [6.45, 7) is 3.24. The molecule has 1 heterocycles. The van der Waals surface area contributed by atoms with Crippen LogP contribution in [0.3, 0.4) is 0 Å². The van der Waals surface area contributed by atoms with Crippen molar-refractivity contribution in [2.24, 2.45) is 0 Å². The van der Waals surface area contributed by atoms with Crippen LogP contribution in [0.25, 0.3) is 0 Å². The van der Waals surface area contributed by atoms with E-state index < -0.39 is 0 Å². The third-order valence-corrected chi connectivity index (χ3v) is 3.28. The van der Waals surface area contributed by atoms with Crippen LogP contribution in [-0.4, -0.2) is 42.4 Å². The minimum absolute atomic E-state index is 0.0609. The van der Waals surface area contributed by atoms with Gasteiger partial charge in [-0.15, -0.1) is 0 Å². The minimum Gasteiger partial charge on any atom is -0.354 e. The molecule has 104 valence electrons. The molecule has 1 saturated heterocycles. The number of carbonyl (C=O) groups excluding carboxylic acids is 2. The number of piperazine rings is 1. The lowest BCUT2D eigenvalue weighted by molar-refractivity contribution is -0.127. The van der Waals surface area contributed by atoms with Gasteiger partial charge in [0.25, 0.3) is 0 Å². The molecule has 1 aromatic carbocycles. The monoisotopic (exact) mass is 272 g/mol. The number of anilines is 1. The number of carbonyl (C=O) groups is 2. The highest BCUT2D eigenvalue weighted by Gasteiger charge is 2.25. The molecule has 0 saturated carbocycles. The fourth-order valence-corrected chi connectivity index (χ4v) is 2.03. The molecule has 1 aromatic rings. The van der Waals surface area contributed by atoms with Crippen molar-refractivity contribution in [3.8, 4) is 6.07 Å². The summed E-state index contributed by atoms with van der Waals surface area (Å²) in [5, 5.41) is 14.2. The summed E-state index contributed by atoms with van der Waals surface area (Å²) in [5.74, 6) is -0.223. The zero-order valence-electron chi connectivity index (χ0n) is 11.2. The van der Waals surface area contributed by atoms with Crippen molar-refractivity contribution >= 4 is 17.5 Å². The topological polar surface area (TPSA) is 85.2 Å². The normalized spacial score (nSPS) is 16.9. The first-order chi connectivity index (χ1) is 9.60. The van der Waals surface area contributed by atoms with Crippen LogP contribution in [0.2, 0.25) is 0 Å². The largest absolute Gasteiger partial charge is 0.354 e. The predicted molar refractivity (Wildman–Crippen MR) is 73.8 cm³/mol. The molecule has 1 aliphatic heterocycles. The molecule has 0 aromatic heterocycles. The van der Waals surface area contributed by atoms with Gasteiger partial charge in [0, 0.05) is 18.8 Å². The van der Waals surface area contributed by atoms with Crippen molar-refractivity contribution in [1.82, 2.24) is 10.2 Å². The van der Waals surface area contributed by atoms with Gasteiger partial charge in [0.1, 0.15) is 0 Å². The number of hydrogen-bond donors (Lipinski definition) is 2. The summed E-state index contributed by atoms with van der Waals surface area (Å²) in [5.41, 5.74) is 1.19. The maximum atomic E-state index is 12.1. The number of nitriles is 1. The molecule has 0 bridgehead atoms. The van der Waals surface area contributed by atoms with E-state index in [-0.39, 0.29) is 24.4 Å². The number of rotatable bonds is 3. The smallest absolute Gasteiger partial charge is 0.241 e. The van der Waals surface area contributed by atoms with E-state index in [1.807, 2.05) is 11.0 Å². The second-order valence-corrected chi connectivity index (χ2v) is 4.67. The van der Waals surface area contributed by atoms with Gasteiger partial charge in [-0.3, -0.25) is 14.5 Å². The van der Waals surface area contributed by atoms with Gasteiger partial charge in [0.2, 0.25) is 11.8 Å². The maximum Gasteiger partial charge on any atom is 0.241 e. The van der Waals surface area contributed by atoms with Crippen LogP contribution in [0.15, 0.2) is 24.3 Å². The number of amides is 2. The Kier molecular flexibility index (Phi) is 4.33. The minimum atomic E-state index is -0.378. The van der Waals surface area contributed by atoms with Gasteiger partial charge >= 0.3 is 0 Å². The Labute approximate surface area is 117 Å². The van der Waals surface area contributed by atoms with Crippen molar-refractivity contribution in [3.63, 3.8) is 0 Å². The number of benzene rings is 1. The van der Waals surface area contributed by atoms with Crippen molar-refractivity contribution in [2.45, 2.75) is 13.0 Å². The highest BCUT2D eigenvalue weighted by Crippen LogP contribution is 2.11. The van der Waals surface area contributed by atoms with E-state index in [1.165, 1.54) is 0 Å². The number of nitrogens with one attached hydrogen (secondary N) is 2. The van der Waals surface area contributed by atoms with Crippen molar-refractivity contribution < 1.29 is 9.59 Å². The van der Waals surface area contributed by atoms with Crippen LogP contribution >= 0.6 is 0 Å². The molecular formula is C14H16N4O2. The average molecular weight is 272 g/mol. The molecule has 20 heavy (non-hydrogen) atoms. The SMILES string of the molecule is C[C@@H](C(=O)Nc1ccc(C#N)cc1)N1CCNC(=O)C1. The molecule has 0 radical (unpaired) electrons. The van der Waals surface area contributed by atoms with E-state index in [1.54, 1.807) is 31.2 Å². The van der Waals surface area contributed by atoms with Crippen LogP contribution in [0.5, 0.6) is 0 Å². The highest BCUT2D eigenvalue weighted by atomic mass is 16.2. The van der Waals surface area contributed by atoms with Crippen molar-refractivity contribution in [3.05, 3.63) is 29.8 Å². The van der Waals surface area contributed by atoms with Crippen LogP contribution in [0.4, 0.5) is 5.69 Å². The second kappa shape index (κ2) is 6.17. The molecule has 1 atom stereocenters. The van der Waals surface area contributed by atoms with Crippen LogP contribution in [-0.2, 0) is 9.59 Å². The zero-order chi connectivity index (χ0) is 14.5. The molecule has 0 unspecified atom stereocenters. The molecule has 6 nitrogen and oxygen atoms in total. The molecule has 2 N–H and O–H groups in total. The predicted octanol–water partition coefficient (Wildman–Crippen LogP) is 0.317. The maximum absolute atomic E-state index is 12.1. The Balaban J connectivity index is 1.96. The lowest BCUT2D eigenvalue weighted by Gasteiger charge is -2.31. The Morgan fingerprint density at radius 1 is 1.45 bits per heavy atom. The van der Waals surface area contributed by atoms with E-state index in [2.05, 4.69) is 10.6 Å². The lowest BCUT2D eigenvalue weighted by atomic mass is 10.2. The van der Waals surface area contributed by atoms with Gasteiger partial charge in [0.15, 0.2) is 0 Å². The molecule has 1 fully saturated rings. The van der Waals surface area contributed by atoms with Crippen molar-refractivity contribution in [2.75, 3.05) is 25.0 Å². The van der Waals surface area contributed by atoms with Gasteiger partial charge in [0.05, 0.1) is 24.2 Å². The summed E-state index contributed by atoms with van der Waals surface area (Å²) in [4.78, 5) is 25.3. The molecule has 1 aliphatic rings. The van der Waals surface area contributed by atoms with Gasteiger partial charge in [-0.1, -0.05) is 0 Å². The van der Waals surface area contributed by atoms with Crippen LogP contribution in [0, 0.1) is 11.3 Å². The Morgan fingerprint density at radius 3 is 2.75 bits per heavy atom. The second-order valence-electron chi connectivity index (χ2n) is 4.67. The van der Waals surface area contributed by atoms with Gasteiger partial charge in [-0.05, 0) is 31.2 Å². The Morgan fingerprint density at radius 2 is 2.15 bits per heavy atom. The number of hydrogen-bond acceptors (Lipinski definition) is 4. The average Bonchev–Trinajstić information content (AvgIpc) is 2.47. The molecule has 0 spiro atoms. The summed E-state index contributed by atoms with van der Waals surface area (Å²) < 4.78 is 0. The fraction of sp³-hybridized carbons (Fsp3) is 0.357. The van der Waals surface area contributed by atoms with E-state index in [4.69, 9.17) is 5.26 Å². The fourth-order valence-electron chi connectivity index (χ4n) is 2.03. The van der Waals surface area contributed by atoms with Crippen molar-refractivity contribution in [1.29, 1.82) is 5.26 Å². The lowest BCUT2D eigenvalue weighted by Crippen LogP contribution is -2.53. The molecular weight excluding hydrogens is 256 g/mol. The quantitative estimate of drug-likeness (QED) is 0.829. The molecule has 0 aliphatic carbocycles. The van der Waals surface area contributed by atoms with E-state index in [0.717, 1.165) is 0 Å². The Hall–Kier alpha value is -2.39. The summed E-state index contributed by atoms with van der Waals surface area (Å²) in [7, 11) is 0. The van der Waals surface area contributed by atoms with Crippen LogP contribution < -0.4 is 10.6 Å². The molecule has 2 amide bonds. The van der Waals surface area contributed by atoms with Gasteiger partial charge in [-0.25, -0.2) is 0 Å². The van der Waals surface area contributed by atoms with E-state index in [0.29, 0.717) is 24.3 Å². The number of nitrogens with zero attached hydrogens (tertiary/aromatic N) is 2. The summed E-state index contributed by atoms with van der Waals surface area (Å²) in [6.07, 6.45) is 0. The van der Waals surface area contributed by atoms with Crippen LogP contribution in [0.1, 0.15) is 12.5 Å². The summed E-state index contributed by atoms with van der Waals surface area (Å²) >= 11 is 0. The highest BCUT2D eigenvalue weighted by molar-refractivity contribution is 5.95. The standard InChI is InChI=1S/C14H16N4O2/c1-10(18-7-6-16-13(19)9-18)14(20)17-12-4-2-11(8-15)3-5-12/h2-5,10H,6-7,9H2,1H3,(H,16,19)(H,17,20)/t10-/m0/s1. The third-order valence-electron chi connectivity index (χ3n) is 3.28. The van der Waals surface area contributed by atoms with E-state index in [9.17, 15) is 9.59 Å². The Bertz CT molecular complexity index is 547. The molecule has 6 heteroatoms. The van der Waals surface area contributed by atoms with Gasteiger partial charge in [-0.2, -0.15) is 5.26 Å². The first-order valence-electron chi connectivity index (χ1n) is 6.42. The third kappa shape index (κ3) is 3.33. The summed E-state index contributed by atoms with van der Waals surface area (Å²) in [6, 6.07) is 8.31.